The van der Waals surface area contributed by atoms with Crippen molar-refractivity contribution in [2.75, 3.05) is 32.7 Å². The Morgan fingerprint density at radius 3 is 2.29 bits per heavy atom. The molecular weight excluding hydrogens is 418 g/mol. The van der Waals surface area contributed by atoms with E-state index >= 15 is 0 Å². The van der Waals surface area contributed by atoms with Crippen LogP contribution in [-0.4, -0.2) is 68.3 Å². The minimum Gasteiger partial charge on any atom is -0.340 e. The van der Waals surface area contributed by atoms with Crippen LogP contribution in [0.1, 0.15) is 44.1 Å². The highest BCUT2D eigenvalue weighted by atomic mass is 32.2. The molecule has 168 valence electrons. The first kappa shape index (κ1) is 23.0. The third-order valence-electron chi connectivity index (χ3n) is 5.78. The lowest BCUT2D eigenvalue weighted by atomic mass is 9.96. The smallest absolute Gasteiger partial charge is 0.315 e. The molecule has 3 rings (SSSR count). The first-order valence-corrected chi connectivity index (χ1v) is 12.2. The number of nitriles is 1. The topological polar surface area (TPSA) is 123 Å². The Hall–Kier alpha value is -2.64. The van der Waals surface area contributed by atoms with Crippen LogP contribution in [0.25, 0.3) is 0 Å². The van der Waals surface area contributed by atoms with E-state index in [-0.39, 0.29) is 48.9 Å². The van der Waals surface area contributed by atoms with Crippen molar-refractivity contribution in [2.24, 2.45) is 0 Å². The molecule has 1 aromatic carbocycles. The third kappa shape index (κ3) is 6.18. The van der Waals surface area contributed by atoms with Gasteiger partial charge in [-0.15, -0.1) is 0 Å². The quantitative estimate of drug-likeness (QED) is 0.683. The molecule has 1 aliphatic heterocycles. The summed E-state index contributed by atoms with van der Waals surface area (Å²) in [5.41, 5.74) is 0.399. The molecule has 31 heavy (non-hydrogen) atoms. The third-order valence-corrected chi connectivity index (χ3v) is 7.69. The molecule has 1 saturated carbocycles. The Morgan fingerprint density at radius 1 is 1.03 bits per heavy atom. The van der Waals surface area contributed by atoms with E-state index in [9.17, 15) is 18.0 Å². The molecule has 1 heterocycles. The zero-order valence-electron chi connectivity index (χ0n) is 17.5. The maximum absolute atomic E-state index is 12.8. The minimum absolute atomic E-state index is 0.103. The van der Waals surface area contributed by atoms with E-state index < -0.39 is 10.0 Å². The van der Waals surface area contributed by atoms with E-state index in [0.29, 0.717) is 18.7 Å². The molecule has 9 nitrogen and oxygen atoms in total. The van der Waals surface area contributed by atoms with E-state index in [0.717, 1.165) is 25.7 Å². The summed E-state index contributed by atoms with van der Waals surface area (Å²) in [6.45, 7) is 1.29. The Kier molecular flexibility index (Phi) is 7.87. The largest absolute Gasteiger partial charge is 0.340 e. The van der Waals surface area contributed by atoms with Crippen molar-refractivity contribution in [1.29, 1.82) is 5.26 Å². The zero-order chi connectivity index (χ0) is 22.3. The number of rotatable bonds is 6. The van der Waals surface area contributed by atoms with Crippen LogP contribution in [-0.2, 0) is 14.8 Å². The fourth-order valence-corrected chi connectivity index (χ4v) is 5.37. The normalized spacial score (nSPS) is 18.2. The lowest BCUT2D eigenvalue weighted by Gasteiger charge is -2.34. The number of carbonyl (C=O) groups is 2. The fourth-order valence-electron chi connectivity index (χ4n) is 3.95. The monoisotopic (exact) mass is 447 g/mol. The number of hydrogen-bond acceptors (Lipinski definition) is 5. The standard InChI is InChI=1S/C21H29N5O4S/c22-16-17-6-8-19(9-7-17)31(29,30)26-14-12-25(13-15-26)20(27)10-11-23-21(28)24-18-4-2-1-3-5-18/h6-9,18H,1-5,10-15H2,(H2,23,24,28). The predicted molar refractivity (Wildman–Crippen MR) is 115 cm³/mol. The molecule has 2 N–H and O–H groups in total. The SMILES string of the molecule is N#Cc1ccc(S(=O)(=O)N2CCN(C(=O)CCNC(=O)NC3CCCCC3)CC2)cc1. The molecule has 0 atom stereocenters. The Morgan fingerprint density at radius 2 is 1.68 bits per heavy atom. The van der Waals surface area contributed by atoms with Gasteiger partial charge >= 0.3 is 6.03 Å². The van der Waals surface area contributed by atoms with E-state index in [2.05, 4.69) is 10.6 Å². The highest BCUT2D eigenvalue weighted by Crippen LogP contribution is 2.19. The second kappa shape index (κ2) is 10.6. The molecule has 0 unspecified atom stereocenters. The van der Waals surface area contributed by atoms with Gasteiger partial charge < -0.3 is 15.5 Å². The number of benzene rings is 1. The van der Waals surface area contributed by atoms with Gasteiger partial charge in [0.15, 0.2) is 0 Å². The van der Waals surface area contributed by atoms with Crippen molar-refractivity contribution in [3.05, 3.63) is 29.8 Å². The molecule has 3 amide bonds. The van der Waals surface area contributed by atoms with Gasteiger partial charge in [0, 0.05) is 45.2 Å². The number of hydrogen-bond donors (Lipinski definition) is 2. The van der Waals surface area contributed by atoms with Crippen molar-refractivity contribution in [3.63, 3.8) is 0 Å². The summed E-state index contributed by atoms with van der Waals surface area (Å²) in [7, 11) is -3.66. The number of piperazine rings is 1. The molecule has 1 aromatic rings. The summed E-state index contributed by atoms with van der Waals surface area (Å²) in [4.78, 5) is 26.2. The highest BCUT2D eigenvalue weighted by molar-refractivity contribution is 7.89. The van der Waals surface area contributed by atoms with E-state index in [1.165, 1.54) is 35.0 Å². The van der Waals surface area contributed by atoms with Crippen LogP contribution in [0, 0.1) is 11.3 Å². The molecule has 1 aliphatic carbocycles. The van der Waals surface area contributed by atoms with Crippen LogP contribution in [0.4, 0.5) is 4.79 Å². The first-order valence-electron chi connectivity index (χ1n) is 10.7. The average molecular weight is 448 g/mol. The van der Waals surface area contributed by atoms with Gasteiger partial charge in [-0.3, -0.25) is 4.79 Å². The minimum atomic E-state index is -3.66. The Bertz CT molecular complexity index is 912. The lowest BCUT2D eigenvalue weighted by Crippen LogP contribution is -2.51. The molecule has 1 saturated heterocycles. The molecule has 2 aliphatic rings. The van der Waals surface area contributed by atoms with Crippen LogP contribution >= 0.6 is 0 Å². The van der Waals surface area contributed by atoms with Crippen LogP contribution in [0.5, 0.6) is 0 Å². The molecule has 0 spiro atoms. The van der Waals surface area contributed by atoms with E-state index in [1.807, 2.05) is 6.07 Å². The van der Waals surface area contributed by atoms with Gasteiger partial charge in [0.05, 0.1) is 16.5 Å². The predicted octanol–water partition coefficient (Wildman–Crippen LogP) is 1.41. The Labute approximate surface area is 183 Å². The maximum atomic E-state index is 12.8. The van der Waals surface area contributed by atoms with Gasteiger partial charge in [-0.25, -0.2) is 13.2 Å². The number of carbonyl (C=O) groups excluding carboxylic acids is 2. The molecule has 10 heteroatoms. The number of nitrogens with one attached hydrogen (secondary N) is 2. The fraction of sp³-hybridized carbons (Fsp3) is 0.571. The highest BCUT2D eigenvalue weighted by Gasteiger charge is 2.30. The molecule has 0 aromatic heterocycles. The van der Waals surface area contributed by atoms with Crippen molar-refractivity contribution in [1.82, 2.24) is 19.8 Å². The van der Waals surface area contributed by atoms with Gasteiger partial charge in [0.2, 0.25) is 15.9 Å². The van der Waals surface area contributed by atoms with Gasteiger partial charge in [-0.2, -0.15) is 9.57 Å². The molecule has 0 radical (unpaired) electrons. The van der Waals surface area contributed by atoms with Crippen LogP contribution in [0.15, 0.2) is 29.2 Å². The average Bonchev–Trinajstić information content (AvgIpc) is 2.79. The number of nitrogens with zero attached hydrogens (tertiary/aromatic N) is 3. The van der Waals surface area contributed by atoms with Crippen LogP contribution in [0.2, 0.25) is 0 Å². The number of sulfonamides is 1. The molecule has 0 bridgehead atoms. The zero-order valence-corrected chi connectivity index (χ0v) is 18.4. The first-order chi connectivity index (χ1) is 14.9. The lowest BCUT2D eigenvalue weighted by molar-refractivity contribution is -0.132. The summed E-state index contributed by atoms with van der Waals surface area (Å²) >= 11 is 0. The van der Waals surface area contributed by atoms with Crippen molar-refractivity contribution < 1.29 is 18.0 Å². The summed E-state index contributed by atoms with van der Waals surface area (Å²) in [6, 6.07) is 7.75. The second-order valence-corrected chi connectivity index (χ2v) is 9.84. The Balaban J connectivity index is 1.40. The molecule has 2 fully saturated rings. The molecular formula is C21H29N5O4S. The number of amides is 3. The summed E-state index contributed by atoms with van der Waals surface area (Å²) < 4.78 is 26.9. The van der Waals surface area contributed by atoms with Gasteiger partial charge in [0.1, 0.15) is 0 Å². The summed E-state index contributed by atoms with van der Waals surface area (Å²) in [5.74, 6) is -0.103. The van der Waals surface area contributed by atoms with Crippen LogP contribution < -0.4 is 10.6 Å². The van der Waals surface area contributed by atoms with Crippen molar-refractivity contribution in [2.45, 2.75) is 49.5 Å². The summed E-state index contributed by atoms with van der Waals surface area (Å²) in [5, 5.41) is 14.5. The maximum Gasteiger partial charge on any atom is 0.315 e. The van der Waals surface area contributed by atoms with E-state index in [1.54, 1.807) is 4.90 Å². The van der Waals surface area contributed by atoms with Crippen LogP contribution in [0.3, 0.4) is 0 Å². The number of urea groups is 1. The van der Waals surface area contributed by atoms with Crippen molar-refractivity contribution in [3.8, 4) is 6.07 Å². The van der Waals surface area contributed by atoms with Gasteiger partial charge in [-0.05, 0) is 37.1 Å². The van der Waals surface area contributed by atoms with E-state index in [4.69, 9.17) is 5.26 Å². The van der Waals surface area contributed by atoms with Gasteiger partial charge in [0.25, 0.3) is 0 Å². The van der Waals surface area contributed by atoms with Gasteiger partial charge in [-0.1, -0.05) is 19.3 Å². The summed E-state index contributed by atoms with van der Waals surface area (Å²) in [6.07, 6.45) is 5.67. The van der Waals surface area contributed by atoms with Crippen molar-refractivity contribution >= 4 is 22.0 Å². The second-order valence-electron chi connectivity index (χ2n) is 7.91.